The van der Waals surface area contributed by atoms with Crippen LogP contribution in [-0.2, 0) is 4.79 Å². The maximum absolute atomic E-state index is 12.3. The largest absolute Gasteiger partial charge is 0.395 e. The molecule has 1 aliphatic heterocycles. The van der Waals surface area contributed by atoms with Crippen molar-refractivity contribution in [1.29, 1.82) is 0 Å². The summed E-state index contributed by atoms with van der Waals surface area (Å²) >= 11 is 0. The van der Waals surface area contributed by atoms with Gasteiger partial charge in [0.15, 0.2) is 0 Å². The minimum absolute atomic E-state index is 0.0353. The van der Waals surface area contributed by atoms with Gasteiger partial charge in [0.2, 0.25) is 5.91 Å². The van der Waals surface area contributed by atoms with Crippen LogP contribution in [0.2, 0.25) is 0 Å². The first-order valence-corrected chi connectivity index (χ1v) is 7.17. The molecule has 0 unspecified atom stereocenters. The van der Waals surface area contributed by atoms with Gasteiger partial charge in [-0.15, -0.1) is 0 Å². The summed E-state index contributed by atoms with van der Waals surface area (Å²) in [6, 6.07) is 0.276. The molecule has 1 fully saturated rings. The van der Waals surface area contributed by atoms with Gasteiger partial charge in [0.05, 0.1) is 13.2 Å². The van der Waals surface area contributed by atoms with E-state index in [0.717, 1.165) is 25.9 Å². The van der Waals surface area contributed by atoms with E-state index in [2.05, 4.69) is 17.3 Å². The smallest absolute Gasteiger partial charge is 0.236 e. The number of piperidine rings is 1. The first-order valence-electron chi connectivity index (χ1n) is 7.17. The van der Waals surface area contributed by atoms with E-state index in [9.17, 15) is 9.90 Å². The Bertz CT molecular complexity index is 281. The lowest BCUT2D eigenvalue weighted by Crippen LogP contribution is -2.51. The molecule has 1 aliphatic rings. The molecule has 0 aromatic heterocycles. The van der Waals surface area contributed by atoms with Crippen LogP contribution in [-0.4, -0.2) is 72.2 Å². The number of carbonyl (C=O) groups is 1. The van der Waals surface area contributed by atoms with Gasteiger partial charge < -0.3 is 20.2 Å². The topological polar surface area (TPSA) is 55.8 Å². The van der Waals surface area contributed by atoms with Gasteiger partial charge in [-0.05, 0) is 53.8 Å². The number of likely N-dealkylation sites (tertiary alicyclic amines) is 1. The normalized spacial score (nSPS) is 18.6. The average molecular weight is 271 g/mol. The summed E-state index contributed by atoms with van der Waals surface area (Å²) in [6.45, 7) is 9.01. The van der Waals surface area contributed by atoms with Gasteiger partial charge in [0, 0.05) is 18.1 Å². The first kappa shape index (κ1) is 16.4. The van der Waals surface area contributed by atoms with Gasteiger partial charge in [0.1, 0.15) is 0 Å². The van der Waals surface area contributed by atoms with Gasteiger partial charge in [-0.2, -0.15) is 0 Å². The maximum atomic E-state index is 12.3. The number of hydrogen-bond donors (Lipinski definition) is 2. The number of amides is 1. The predicted octanol–water partition coefficient (Wildman–Crippen LogP) is 0.290. The third-order valence-corrected chi connectivity index (χ3v) is 3.56. The van der Waals surface area contributed by atoms with E-state index in [1.165, 1.54) is 0 Å². The van der Waals surface area contributed by atoms with Crippen molar-refractivity contribution in [2.24, 2.45) is 0 Å². The van der Waals surface area contributed by atoms with Crippen LogP contribution in [0, 0.1) is 0 Å². The van der Waals surface area contributed by atoms with E-state index in [0.29, 0.717) is 13.1 Å². The molecule has 5 heteroatoms. The summed E-state index contributed by atoms with van der Waals surface area (Å²) in [5.74, 6) is 0.0959. The van der Waals surface area contributed by atoms with Crippen LogP contribution in [0.15, 0.2) is 0 Å². The van der Waals surface area contributed by atoms with Crippen LogP contribution in [0.3, 0.4) is 0 Å². The van der Waals surface area contributed by atoms with E-state index >= 15 is 0 Å². The number of nitrogens with zero attached hydrogens (tertiary/aromatic N) is 2. The lowest BCUT2D eigenvalue weighted by Gasteiger charge is -2.37. The summed E-state index contributed by atoms with van der Waals surface area (Å²) in [5.41, 5.74) is -0.0622. The quantitative estimate of drug-likeness (QED) is 0.755. The molecule has 5 nitrogen and oxygen atoms in total. The molecule has 2 N–H and O–H groups in total. The van der Waals surface area contributed by atoms with Crippen molar-refractivity contribution >= 4 is 5.91 Å². The minimum Gasteiger partial charge on any atom is -0.395 e. The fourth-order valence-electron chi connectivity index (χ4n) is 2.37. The number of rotatable bonds is 5. The highest BCUT2D eigenvalue weighted by atomic mass is 16.3. The van der Waals surface area contributed by atoms with Crippen LogP contribution < -0.4 is 5.32 Å². The maximum Gasteiger partial charge on any atom is 0.236 e. The van der Waals surface area contributed by atoms with Crippen molar-refractivity contribution in [3.63, 3.8) is 0 Å². The Morgan fingerprint density at radius 1 is 1.37 bits per heavy atom. The molecule has 0 spiro atoms. The van der Waals surface area contributed by atoms with Crippen LogP contribution in [0.25, 0.3) is 0 Å². The SMILES string of the molecule is CN1CCC(N(CCO)C(=O)CNC(C)(C)C)CC1. The van der Waals surface area contributed by atoms with Crippen molar-refractivity contribution in [2.45, 2.75) is 45.2 Å². The third-order valence-electron chi connectivity index (χ3n) is 3.56. The second-order valence-electron chi connectivity index (χ2n) is 6.45. The highest BCUT2D eigenvalue weighted by molar-refractivity contribution is 5.78. The predicted molar refractivity (Wildman–Crippen MR) is 77.1 cm³/mol. The molecule has 0 aromatic rings. The highest BCUT2D eigenvalue weighted by Gasteiger charge is 2.26. The van der Waals surface area contributed by atoms with E-state index < -0.39 is 0 Å². The Hall–Kier alpha value is -0.650. The lowest BCUT2D eigenvalue weighted by molar-refractivity contribution is -0.134. The van der Waals surface area contributed by atoms with Crippen molar-refractivity contribution < 1.29 is 9.90 Å². The molecule has 0 radical (unpaired) electrons. The van der Waals surface area contributed by atoms with E-state index in [-0.39, 0.29) is 24.1 Å². The molecule has 0 atom stereocenters. The molecule has 0 aromatic carbocycles. The summed E-state index contributed by atoms with van der Waals surface area (Å²) in [6.07, 6.45) is 2.00. The lowest BCUT2D eigenvalue weighted by atomic mass is 10.0. The Balaban J connectivity index is 2.53. The molecular formula is C14H29N3O2. The number of aliphatic hydroxyl groups is 1. The second-order valence-corrected chi connectivity index (χ2v) is 6.45. The Morgan fingerprint density at radius 2 is 1.95 bits per heavy atom. The standard InChI is InChI=1S/C14H29N3O2/c1-14(2,3)15-11-13(19)17(9-10-18)12-5-7-16(4)8-6-12/h12,15,18H,5-11H2,1-4H3. The molecule has 19 heavy (non-hydrogen) atoms. The Kier molecular flexibility index (Phi) is 6.23. The van der Waals surface area contributed by atoms with E-state index in [1.807, 2.05) is 25.7 Å². The second kappa shape index (κ2) is 7.22. The third kappa shape index (κ3) is 5.89. The van der Waals surface area contributed by atoms with Crippen molar-refractivity contribution in [3.8, 4) is 0 Å². The number of hydrogen-bond acceptors (Lipinski definition) is 4. The number of nitrogens with one attached hydrogen (secondary N) is 1. The van der Waals surface area contributed by atoms with Crippen molar-refractivity contribution in [2.75, 3.05) is 39.8 Å². The molecule has 0 bridgehead atoms. The van der Waals surface area contributed by atoms with Crippen molar-refractivity contribution in [3.05, 3.63) is 0 Å². The zero-order valence-electron chi connectivity index (χ0n) is 12.8. The molecule has 1 saturated heterocycles. The number of aliphatic hydroxyl groups excluding tert-OH is 1. The minimum atomic E-state index is -0.0622. The highest BCUT2D eigenvalue weighted by Crippen LogP contribution is 2.15. The zero-order valence-corrected chi connectivity index (χ0v) is 12.8. The summed E-state index contributed by atoms with van der Waals surface area (Å²) in [5, 5.41) is 12.4. The fraction of sp³-hybridized carbons (Fsp3) is 0.929. The number of carbonyl (C=O) groups excluding carboxylic acids is 1. The zero-order chi connectivity index (χ0) is 14.5. The first-order chi connectivity index (χ1) is 8.83. The van der Waals surface area contributed by atoms with Crippen LogP contribution >= 0.6 is 0 Å². The molecule has 0 aliphatic carbocycles. The Morgan fingerprint density at radius 3 is 2.42 bits per heavy atom. The summed E-state index contributed by atoms with van der Waals surface area (Å²) in [4.78, 5) is 16.4. The molecule has 1 amide bonds. The van der Waals surface area contributed by atoms with Crippen LogP contribution in [0.1, 0.15) is 33.6 Å². The average Bonchev–Trinajstić information content (AvgIpc) is 2.33. The summed E-state index contributed by atoms with van der Waals surface area (Å²) in [7, 11) is 2.11. The molecule has 112 valence electrons. The van der Waals surface area contributed by atoms with Gasteiger partial charge in [-0.1, -0.05) is 0 Å². The molecule has 0 saturated carbocycles. The van der Waals surface area contributed by atoms with Gasteiger partial charge in [-0.25, -0.2) is 0 Å². The van der Waals surface area contributed by atoms with E-state index in [1.54, 1.807) is 0 Å². The molecule has 1 heterocycles. The van der Waals surface area contributed by atoms with Gasteiger partial charge in [0.25, 0.3) is 0 Å². The summed E-state index contributed by atoms with van der Waals surface area (Å²) < 4.78 is 0. The van der Waals surface area contributed by atoms with Crippen LogP contribution in [0.4, 0.5) is 0 Å². The monoisotopic (exact) mass is 271 g/mol. The molecule has 1 rings (SSSR count). The van der Waals surface area contributed by atoms with Crippen molar-refractivity contribution in [1.82, 2.24) is 15.1 Å². The Labute approximate surface area is 117 Å². The fourth-order valence-corrected chi connectivity index (χ4v) is 2.37. The van der Waals surface area contributed by atoms with Crippen LogP contribution in [0.5, 0.6) is 0 Å². The molecular weight excluding hydrogens is 242 g/mol. The van der Waals surface area contributed by atoms with E-state index in [4.69, 9.17) is 0 Å². The van der Waals surface area contributed by atoms with Gasteiger partial charge >= 0.3 is 0 Å². The van der Waals surface area contributed by atoms with Gasteiger partial charge in [-0.3, -0.25) is 4.79 Å².